The Kier molecular flexibility index (Phi) is 4.33. The normalized spacial score (nSPS) is 13.2. The molecule has 1 rings (SSSR count). The van der Waals surface area contributed by atoms with Gasteiger partial charge >= 0.3 is 0 Å². The van der Waals surface area contributed by atoms with Gasteiger partial charge in [-0.2, -0.15) is 0 Å². The monoisotopic (exact) mass is 212 g/mol. The van der Waals surface area contributed by atoms with Crippen molar-refractivity contribution >= 4 is 11.6 Å². The number of hydrogen-bond acceptors (Lipinski definition) is 2. The van der Waals surface area contributed by atoms with Crippen LogP contribution in [0.1, 0.15) is 31.7 Å². The lowest BCUT2D eigenvalue weighted by Gasteiger charge is -2.10. The van der Waals surface area contributed by atoms with E-state index in [9.17, 15) is 0 Å². The van der Waals surface area contributed by atoms with Gasteiger partial charge in [-0.25, -0.2) is 9.97 Å². The number of alkyl halides is 1. The molecule has 0 spiro atoms. The Morgan fingerprint density at radius 3 is 2.36 bits per heavy atom. The lowest BCUT2D eigenvalue weighted by molar-refractivity contribution is 0.555. The Bertz CT molecular complexity index is 269. The second-order valence-electron chi connectivity index (χ2n) is 4.11. The maximum atomic E-state index is 6.17. The molecule has 14 heavy (non-hydrogen) atoms. The molecule has 0 N–H and O–H groups in total. The number of aryl methyl sites for hydroxylation is 1. The van der Waals surface area contributed by atoms with E-state index in [0.717, 1.165) is 24.2 Å². The zero-order valence-electron chi connectivity index (χ0n) is 9.00. The first-order chi connectivity index (χ1) is 6.58. The number of halogens is 1. The molecule has 0 aliphatic carbocycles. The second-order valence-corrected chi connectivity index (χ2v) is 4.72. The molecule has 0 saturated heterocycles. The smallest absolute Gasteiger partial charge is 0.129 e. The van der Waals surface area contributed by atoms with Crippen LogP contribution in [-0.2, 0) is 6.42 Å². The Labute approximate surface area is 90.7 Å². The highest BCUT2D eigenvalue weighted by atomic mass is 35.5. The molecule has 2 nitrogen and oxygen atoms in total. The standard InChI is InChI=1S/C11H17ClN2/c1-8(2)4-10(12)5-11-13-6-9(3)7-14-11/h6-8,10H,4-5H2,1-3H3. The van der Waals surface area contributed by atoms with E-state index in [1.165, 1.54) is 0 Å². The van der Waals surface area contributed by atoms with E-state index < -0.39 is 0 Å². The third-order valence-corrected chi connectivity index (χ3v) is 2.30. The summed E-state index contributed by atoms with van der Waals surface area (Å²) in [6, 6.07) is 0. The highest BCUT2D eigenvalue weighted by molar-refractivity contribution is 6.20. The maximum absolute atomic E-state index is 6.17. The first-order valence-electron chi connectivity index (χ1n) is 4.99. The number of hydrogen-bond donors (Lipinski definition) is 0. The predicted molar refractivity (Wildman–Crippen MR) is 59.6 cm³/mol. The minimum atomic E-state index is 0.151. The summed E-state index contributed by atoms with van der Waals surface area (Å²) in [5.41, 5.74) is 1.09. The van der Waals surface area contributed by atoms with Crippen molar-refractivity contribution in [3.05, 3.63) is 23.8 Å². The molecule has 3 heteroatoms. The minimum Gasteiger partial charge on any atom is -0.241 e. The van der Waals surface area contributed by atoms with Crippen molar-refractivity contribution in [1.82, 2.24) is 9.97 Å². The van der Waals surface area contributed by atoms with Gasteiger partial charge in [0.15, 0.2) is 0 Å². The Morgan fingerprint density at radius 2 is 1.86 bits per heavy atom. The van der Waals surface area contributed by atoms with Gasteiger partial charge in [-0.05, 0) is 24.8 Å². The average Bonchev–Trinajstić information content (AvgIpc) is 2.07. The maximum Gasteiger partial charge on any atom is 0.129 e. The molecule has 1 atom stereocenters. The summed E-state index contributed by atoms with van der Waals surface area (Å²) < 4.78 is 0. The van der Waals surface area contributed by atoms with Crippen LogP contribution in [0.2, 0.25) is 0 Å². The van der Waals surface area contributed by atoms with Gasteiger partial charge < -0.3 is 0 Å². The number of rotatable bonds is 4. The first-order valence-corrected chi connectivity index (χ1v) is 5.43. The molecule has 0 amide bonds. The second kappa shape index (κ2) is 5.30. The highest BCUT2D eigenvalue weighted by Crippen LogP contribution is 2.13. The summed E-state index contributed by atoms with van der Waals surface area (Å²) in [4.78, 5) is 8.46. The molecule has 1 heterocycles. The van der Waals surface area contributed by atoms with E-state index in [0.29, 0.717) is 5.92 Å². The van der Waals surface area contributed by atoms with Crippen LogP contribution in [0.25, 0.3) is 0 Å². The molecule has 0 aliphatic rings. The Hall–Kier alpha value is -0.630. The lowest BCUT2D eigenvalue weighted by atomic mass is 10.1. The largest absolute Gasteiger partial charge is 0.241 e. The molecular formula is C11H17ClN2. The zero-order chi connectivity index (χ0) is 10.6. The van der Waals surface area contributed by atoms with Crippen molar-refractivity contribution in [3.63, 3.8) is 0 Å². The minimum absolute atomic E-state index is 0.151. The summed E-state index contributed by atoms with van der Waals surface area (Å²) >= 11 is 6.17. The van der Waals surface area contributed by atoms with Gasteiger partial charge in [-0.3, -0.25) is 0 Å². The van der Waals surface area contributed by atoms with Crippen molar-refractivity contribution in [1.29, 1.82) is 0 Å². The third kappa shape index (κ3) is 4.05. The predicted octanol–water partition coefficient (Wildman–Crippen LogP) is 2.98. The summed E-state index contributed by atoms with van der Waals surface area (Å²) in [5, 5.41) is 0.151. The van der Waals surface area contributed by atoms with Gasteiger partial charge in [0.2, 0.25) is 0 Å². The van der Waals surface area contributed by atoms with Crippen LogP contribution >= 0.6 is 11.6 Å². The fourth-order valence-corrected chi connectivity index (χ4v) is 1.81. The Balaban J connectivity index is 2.47. The first kappa shape index (κ1) is 11.4. The van der Waals surface area contributed by atoms with Crippen LogP contribution in [0.5, 0.6) is 0 Å². The van der Waals surface area contributed by atoms with Crippen LogP contribution < -0.4 is 0 Å². The molecule has 0 fully saturated rings. The van der Waals surface area contributed by atoms with Crippen molar-refractivity contribution in [3.8, 4) is 0 Å². The van der Waals surface area contributed by atoms with Crippen molar-refractivity contribution in [2.75, 3.05) is 0 Å². The van der Waals surface area contributed by atoms with Crippen molar-refractivity contribution in [2.45, 2.75) is 39.0 Å². The van der Waals surface area contributed by atoms with Gasteiger partial charge in [0.25, 0.3) is 0 Å². The molecule has 78 valence electrons. The van der Waals surface area contributed by atoms with Crippen LogP contribution in [0.15, 0.2) is 12.4 Å². The molecule has 1 aromatic heterocycles. The molecule has 0 saturated carbocycles. The molecule has 0 bridgehead atoms. The molecular weight excluding hydrogens is 196 g/mol. The Morgan fingerprint density at radius 1 is 1.29 bits per heavy atom. The number of nitrogens with zero attached hydrogens (tertiary/aromatic N) is 2. The van der Waals surface area contributed by atoms with Gasteiger partial charge in [-0.15, -0.1) is 11.6 Å². The highest BCUT2D eigenvalue weighted by Gasteiger charge is 2.09. The quantitative estimate of drug-likeness (QED) is 0.718. The molecule has 1 aromatic rings. The van der Waals surface area contributed by atoms with E-state index >= 15 is 0 Å². The summed E-state index contributed by atoms with van der Waals surface area (Å²) in [6.45, 7) is 6.33. The third-order valence-electron chi connectivity index (χ3n) is 1.97. The molecule has 0 aromatic carbocycles. The fraction of sp³-hybridized carbons (Fsp3) is 0.636. The van der Waals surface area contributed by atoms with Crippen LogP contribution in [-0.4, -0.2) is 15.3 Å². The van der Waals surface area contributed by atoms with Gasteiger partial charge in [-0.1, -0.05) is 13.8 Å². The fourth-order valence-electron chi connectivity index (χ4n) is 1.32. The van der Waals surface area contributed by atoms with Crippen molar-refractivity contribution in [2.24, 2.45) is 5.92 Å². The lowest BCUT2D eigenvalue weighted by Crippen LogP contribution is -2.09. The summed E-state index contributed by atoms with van der Waals surface area (Å²) in [6.07, 6.45) is 5.45. The molecule has 1 unspecified atom stereocenters. The van der Waals surface area contributed by atoms with Crippen LogP contribution in [0.4, 0.5) is 0 Å². The molecule has 0 aliphatic heterocycles. The summed E-state index contributed by atoms with van der Waals surface area (Å²) in [7, 11) is 0. The van der Waals surface area contributed by atoms with Gasteiger partial charge in [0.05, 0.1) is 0 Å². The van der Waals surface area contributed by atoms with E-state index in [2.05, 4.69) is 23.8 Å². The van der Waals surface area contributed by atoms with E-state index in [4.69, 9.17) is 11.6 Å². The topological polar surface area (TPSA) is 25.8 Å². The SMILES string of the molecule is Cc1cnc(CC(Cl)CC(C)C)nc1. The molecule has 0 radical (unpaired) electrons. The van der Waals surface area contributed by atoms with Crippen LogP contribution in [0, 0.1) is 12.8 Å². The van der Waals surface area contributed by atoms with Crippen molar-refractivity contribution < 1.29 is 0 Å². The van der Waals surface area contributed by atoms with E-state index in [1.807, 2.05) is 19.3 Å². The van der Waals surface area contributed by atoms with Gasteiger partial charge in [0.1, 0.15) is 5.82 Å². The average molecular weight is 213 g/mol. The zero-order valence-corrected chi connectivity index (χ0v) is 9.75. The summed E-state index contributed by atoms with van der Waals surface area (Å²) in [5.74, 6) is 1.47. The number of aromatic nitrogens is 2. The van der Waals surface area contributed by atoms with E-state index in [1.54, 1.807) is 0 Å². The van der Waals surface area contributed by atoms with Crippen LogP contribution in [0.3, 0.4) is 0 Å². The van der Waals surface area contributed by atoms with Gasteiger partial charge in [0, 0.05) is 24.2 Å². The van der Waals surface area contributed by atoms with E-state index in [-0.39, 0.29) is 5.38 Å².